The van der Waals surface area contributed by atoms with Gasteiger partial charge < -0.3 is 0 Å². The average molecular weight is 547 g/mol. The van der Waals surface area contributed by atoms with E-state index in [4.69, 9.17) is 69.5 Å². The lowest BCUT2D eigenvalue weighted by Crippen LogP contribution is -2.68. The SMILES string of the molecule is Clc1ccc(-c2[o+]c(-c3ccc(Cl)cc3)c(Cl)c(-c3ccccc3)c2Cl)cc1.[O-][Cl+3]([O-])([O-])[O-]. The molecular formula is C23H13Cl5O5. The smallest absolute Gasteiger partial charge is 0.222 e. The molecule has 1 heterocycles. The van der Waals surface area contributed by atoms with E-state index in [0.29, 0.717) is 37.2 Å². The minimum Gasteiger partial charge on any atom is -0.222 e. The molecule has 0 radical (unpaired) electrons. The van der Waals surface area contributed by atoms with Gasteiger partial charge in [0.1, 0.15) is 0 Å². The zero-order valence-electron chi connectivity index (χ0n) is 16.4. The number of rotatable bonds is 3. The van der Waals surface area contributed by atoms with E-state index in [1.807, 2.05) is 54.6 Å². The van der Waals surface area contributed by atoms with Crippen molar-refractivity contribution in [2.45, 2.75) is 0 Å². The first-order valence-corrected chi connectivity index (χ1v) is 11.8. The Morgan fingerprint density at radius 3 is 1.24 bits per heavy atom. The maximum atomic E-state index is 8.49. The molecule has 0 N–H and O–H groups in total. The van der Waals surface area contributed by atoms with E-state index in [1.165, 1.54) is 0 Å². The van der Waals surface area contributed by atoms with Crippen LogP contribution < -0.4 is 18.6 Å². The van der Waals surface area contributed by atoms with Crippen molar-refractivity contribution < 1.29 is 33.3 Å². The van der Waals surface area contributed by atoms with Gasteiger partial charge in [0.15, 0.2) is 10.0 Å². The zero-order valence-corrected chi connectivity index (χ0v) is 20.2. The molecule has 0 amide bonds. The summed E-state index contributed by atoms with van der Waals surface area (Å²) in [6.07, 6.45) is 0. The van der Waals surface area contributed by atoms with E-state index in [0.717, 1.165) is 16.7 Å². The zero-order chi connectivity index (χ0) is 24.2. The van der Waals surface area contributed by atoms with E-state index < -0.39 is 10.2 Å². The van der Waals surface area contributed by atoms with E-state index in [2.05, 4.69) is 0 Å². The Hall–Kier alpha value is -1.90. The lowest BCUT2D eigenvalue weighted by atomic mass is 10.0. The fraction of sp³-hybridized carbons (Fsp3) is 0. The van der Waals surface area contributed by atoms with Gasteiger partial charge in [-0.1, -0.05) is 76.7 Å². The summed E-state index contributed by atoms with van der Waals surface area (Å²) in [6.45, 7) is 0. The van der Waals surface area contributed by atoms with Crippen molar-refractivity contribution in [2.24, 2.45) is 0 Å². The van der Waals surface area contributed by atoms with Crippen LogP contribution >= 0.6 is 46.4 Å². The first-order chi connectivity index (χ1) is 15.5. The van der Waals surface area contributed by atoms with Crippen molar-refractivity contribution in [3.05, 3.63) is 99.0 Å². The fourth-order valence-electron chi connectivity index (χ4n) is 2.95. The molecule has 0 fully saturated rings. The molecule has 0 saturated heterocycles. The van der Waals surface area contributed by atoms with Gasteiger partial charge in [-0.2, -0.15) is 0 Å². The molecule has 0 bridgehead atoms. The molecule has 0 aliphatic rings. The summed E-state index contributed by atoms with van der Waals surface area (Å²) < 4.78 is 40.2. The second kappa shape index (κ2) is 11.0. The Kier molecular flexibility index (Phi) is 8.59. The van der Waals surface area contributed by atoms with Crippen LogP contribution in [0.25, 0.3) is 33.8 Å². The second-order valence-corrected chi connectivity index (χ2v) is 8.91. The van der Waals surface area contributed by atoms with Gasteiger partial charge >= 0.3 is 11.5 Å². The molecule has 4 rings (SSSR count). The van der Waals surface area contributed by atoms with Gasteiger partial charge in [-0.3, -0.25) is 0 Å². The molecule has 10 heteroatoms. The van der Waals surface area contributed by atoms with Crippen molar-refractivity contribution in [3.63, 3.8) is 0 Å². The summed E-state index contributed by atoms with van der Waals surface area (Å²) in [5.74, 6) is 1.04. The molecule has 170 valence electrons. The van der Waals surface area contributed by atoms with Crippen LogP contribution in [-0.4, -0.2) is 0 Å². The van der Waals surface area contributed by atoms with Crippen molar-refractivity contribution >= 4 is 46.4 Å². The Labute approximate surface area is 211 Å². The van der Waals surface area contributed by atoms with E-state index >= 15 is 0 Å². The summed E-state index contributed by atoms with van der Waals surface area (Å²) in [5.41, 5.74) is 3.22. The Balaban J connectivity index is 0.000000555. The van der Waals surface area contributed by atoms with Gasteiger partial charge in [-0.25, -0.2) is 23.1 Å². The van der Waals surface area contributed by atoms with Crippen molar-refractivity contribution in [1.29, 1.82) is 0 Å². The van der Waals surface area contributed by atoms with Gasteiger partial charge in [0.05, 0.1) is 11.1 Å². The maximum absolute atomic E-state index is 8.49. The highest BCUT2D eigenvalue weighted by atomic mass is 35.7. The third kappa shape index (κ3) is 7.04. The topological polar surface area (TPSA) is 104 Å². The summed E-state index contributed by atoms with van der Waals surface area (Å²) in [6, 6.07) is 24.4. The predicted molar refractivity (Wildman–Crippen MR) is 119 cm³/mol. The first-order valence-electron chi connectivity index (χ1n) is 9.08. The highest BCUT2D eigenvalue weighted by molar-refractivity contribution is 6.42. The standard InChI is InChI=1S/C23H13Cl4O.ClHO4/c24-17-10-6-15(7-11-17)22-20(26)19(14-4-2-1-3-5-14)21(27)23(28-22)16-8-12-18(25)13-9-16;2-1(3,4)5/h1-13H;(H,2,3,4,5)/q+1;/p-1. The van der Waals surface area contributed by atoms with Gasteiger partial charge in [0.2, 0.25) is 0 Å². The minimum atomic E-state index is -4.94. The fourth-order valence-corrected chi connectivity index (χ4v) is 3.95. The van der Waals surface area contributed by atoms with E-state index in [1.54, 1.807) is 24.3 Å². The van der Waals surface area contributed by atoms with Crippen LogP contribution in [0.2, 0.25) is 20.1 Å². The summed E-state index contributed by atoms with van der Waals surface area (Å²) in [5, 5.41) is 2.15. The first kappa shape index (κ1) is 25.7. The maximum Gasteiger partial charge on any atom is 0.379 e. The third-order valence-electron chi connectivity index (χ3n) is 4.32. The molecule has 0 atom stereocenters. The molecular weight excluding hydrogens is 534 g/mol. The van der Waals surface area contributed by atoms with Crippen molar-refractivity contribution in [3.8, 4) is 33.8 Å². The molecule has 3 aromatic carbocycles. The molecule has 0 spiro atoms. The normalized spacial score (nSPS) is 11.0. The summed E-state index contributed by atoms with van der Waals surface area (Å²) in [4.78, 5) is 0. The van der Waals surface area contributed by atoms with Crippen LogP contribution in [0.5, 0.6) is 0 Å². The molecule has 0 aliphatic carbocycles. The summed E-state index contributed by atoms with van der Waals surface area (Å²) >= 11 is 25.6. The van der Waals surface area contributed by atoms with Gasteiger partial charge in [-0.05, 0) is 54.1 Å². The van der Waals surface area contributed by atoms with Crippen LogP contribution in [0.4, 0.5) is 0 Å². The number of hydrogen-bond donors (Lipinski definition) is 0. The Bertz CT molecular complexity index is 1150. The van der Waals surface area contributed by atoms with Crippen LogP contribution in [0.15, 0.2) is 83.3 Å². The Morgan fingerprint density at radius 2 is 0.879 bits per heavy atom. The predicted octanol–water partition coefficient (Wildman–Crippen LogP) is 4.42. The average Bonchev–Trinajstić information content (AvgIpc) is 2.75. The monoisotopic (exact) mass is 544 g/mol. The molecule has 0 aliphatic heterocycles. The highest BCUT2D eigenvalue weighted by Gasteiger charge is 2.31. The van der Waals surface area contributed by atoms with Crippen molar-refractivity contribution in [1.82, 2.24) is 0 Å². The van der Waals surface area contributed by atoms with Gasteiger partial charge in [-0.15, -0.1) is 10.2 Å². The quantitative estimate of drug-likeness (QED) is 0.354. The second-order valence-electron chi connectivity index (χ2n) is 6.52. The van der Waals surface area contributed by atoms with Crippen LogP contribution in [0.1, 0.15) is 0 Å². The molecule has 33 heavy (non-hydrogen) atoms. The highest BCUT2D eigenvalue weighted by Crippen LogP contribution is 2.46. The Morgan fingerprint density at radius 1 is 0.515 bits per heavy atom. The molecule has 0 unspecified atom stereocenters. The number of hydrogen-bond acceptors (Lipinski definition) is 4. The molecule has 4 aromatic rings. The van der Waals surface area contributed by atoms with E-state index in [-0.39, 0.29) is 0 Å². The molecule has 5 nitrogen and oxygen atoms in total. The van der Waals surface area contributed by atoms with Gasteiger partial charge in [0, 0.05) is 15.6 Å². The minimum absolute atomic E-state index is 0.441. The van der Waals surface area contributed by atoms with Crippen molar-refractivity contribution in [2.75, 3.05) is 0 Å². The number of benzene rings is 3. The molecule has 0 saturated carbocycles. The lowest BCUT2D eigenvalue weighted by Gasteiger charge is -2.17. The number of halogens is 5. The van der Waals surface area contributed by atoms with Crippen LogP contribution in [0.3, 0.4) is 0 Å². The lowest BCUT2D eigenvalue weighted by molar-refractivity contribution is -2.00. The third-order valence-corrected chi connectivity index (χ3v) is 5.54. The summed E-state index contributed by atoms with van der Waals surface area (Å²) in [7, 11) is -4.94. The largest absolute Gasteiger partial charge is 0.379 e. The van der Waals surface area contributed by atoms with E-state index in [9.17, 15) is 0 Å². The van der Waals surface area contributed by atoms with Crippen LogP contribution in [-0.2, 0) is 0 Å². The molecule has 1 aromatic heterocycles. The van der Waals surface area contributed by atoms with Crippen LogP contribution in [0, 0.1) is 10.2 Å². The van der Waals surface area contributed by atoms with Gasteiger partial charge in [0.25, 0.3) is 0 Å².